The van der Waals surface area contributed by atoms with Gasteiger partial charge in [0, 0.05) is 18.8 Å². The lowest BCUT2D eigenvalue weighted by atomic mass is 10.2. The smallest absolute Gasteiger partial charge is 0.334 e. The summed E-state index contributed by atoms with van der Waals surface area (Å²) in [5, 5.41) is 5.86. The number of urea groups is 1. The molecule has 2 amide bonds. The molecule has 0 saturated heterocycles. The predicted molar refractivity (Wildman–Crippen MR) is 144 cm³/mol. The predicted octanol–water partition coefficient (Wildman–Crippen LogP) is 2.27. The van der Waals surface area contributed by atoms with Crippen LogP contribution in [0.25, 0.3) is 16.7 Å². The Morgan fingerprint density at radius 2 is 1.89 bits per heavy atom. The second kappa shape index (κ2) is 10.7. The Kier molecular flexibility index (Phi) is 7.63. The van der Waals surface area contributed by atoms with Gasteiger partial charge in [-0.1, -0.05) is 11.6 Å². The first-order valence-electron chi connectivity index (χ1n) is 10.8. The van der Waals surface area contributed by atoms with Crippen LogP contribution >= 0.6 is 22.9 Å². The standard InChI is InChI=1S/C22H22ClN7O5S2/c1-29(2)10-9-24-13-3-5-15-16(11-13)27-22(33)30(20(15)31)18-7-4-14(12-25-18)26-21(32)28-37(34,35)19-8-6-17(23)36-19/h3-8,11-12,24H,9-10H2,1-2H3,(H,27,33)(H2,26,28,32). The third kappa shape index (κ3) is 6.17. The molecule has 0 aliphatic carbocycles. The van der Waals surface area contributed by atoms with E-state index in [-0.39, 0.29) is 20.1 Å². The van der Waals surface area contributed by atoms with Crippen LogP contribution in [0, 0.1) is 0 Å². The molecule has 1 aromatic carbocycles. The lowest BCUT2D eigenvalue weighted by Gasteiger charge is -2.12. The zero-order valence-electron chi connectivity index (χ0n) is 19.6. The summed E-state index contributed by atoms with van der Waals surface area (Å²) >= 11 is 6.55. The van der Waals surface area contributed by atoms with Gasteiger partial charge in [-0.25, -0.2) is 32.3 Å². The number of aromatic amines is 1. The number of likely N-dealkylation sites (N-methyl/N-ethyl adjacent to an activating group) is 1. The van der Waals surface area contributed by atoms with Crippen molar-refractivity contribution < 1.29 is 13.2 Å². The van der Waals surface area contributed by atoms with Crippen molar-refractivity contribution in [3.63, 3.8) is 0 Å². The second-order valence-electron chi connectivity index (χ2n) is 8.08. The largest absolute Gasteiger partial charge is 0.384 e. The normalized spacial score (nSPS) is 11.6. The van der Waals surface area contributed by atoms with Crippen LogP contribution in [-0.4, -0.2) is 61.1 Å². The molecule has 12 nitrogen and oxygen atoms in total. The molecule has 3 aromatic heterocycles. The van der Waals surface area contributed by atoms with Gasteiger partial charge in [-0.3, -0.25) is 4.79 Å². The maximum Gasteiger partial charge on any atom is 0.334 e. The molecule has 0 spiro atoms. The molecular weight excluding hydrogens is 542 g/mol. The number of nitrogens with one attached hydrogen (secondary N) is 4. The lowest BCUT2D eigenvalue weighted by molar-refractivity contribution is 0.256. The zero-order valence-corrected chi connectivity index (χ0v) is 22.0. The Labute approximate surface area is 220 Å². The molecule has 4 aromatic rings. The molecular formula is C22H22ClN7O5S2. The van der Waals surface area contributed by atoms with E-state index in [0.29, 0.717) is 17.4 Å². The van der Waals surface area contributed by atoms with Crippen LogP contribution in [0.5, 0.6) is 0 Å². The van der Waals surface area contributed by atoms with E-state index in [0.717, 1.165) is 28.1 Å². The Bertz CT molecular complexity index is 1680. The number of halogens is 1. The van der Waals surface area contributed by atoms with Crippen molar-refractivity contribution in [1.82, 2.24) is 24.2 Å². The Morgan fingerprint density at radius 1 is 1.14 bits per heavy atom. The van der Waals surface area contributed by atoms with Gasteiger partial charge in [-0.05, 0) is 56.6 Å². The lowest BCUT2D eigenvalue weighted by Crippen LogP contribution is -2.35. The summed E-state index contributed by atoms with van der Waals surface area (Å²) in [6.07, 6.45) is 1.19. The molecule has 4 N–H and O–H groups in total. The molecule has 0 aliphatic heterocycles. The highest BCUT2D eigenvalue weighted by Crippen LogP contribution is 2.25. The van der Waals surface area contributed by atoms with E-state index < -0.39 is 27.3 Å². The number of hydrogen-bond donors (Lipinski definition) is 4. The number of aromatic nitrogens is 3. The minimum Gasteiger partial charge on any atom is -0.384 e. The summed E-state index contributed by atoms with van der Waals surface area (Å²) in [6, 6.07) is 9.45. The highest BCUT2D eigenvalue weighted by atomic mass is 35.5. The fourth-order valence-electron chi connectivity index (χ4n) is 3.32. The third-order valence-electron chi connectivity index (χ3n) is 5.06. The van der Waals surface area contributed by atoms with Crippen LogP contribution in [0.1, 0.15) is 0 Å². The molecule has 0 bridgehead atoms. The monoisotopic (exact) mass is 563 g/mol. The van der Waals surface area contributed by atoms with Crippen molar-refractivity contribution in [3.8, 4) is 5.82 Å². The van der Waals surface area contributed by atoms with Crippen molar-refractivity contribution in [3.05, 3.63) is 73.8 Å². The van der Waals surface area contributed by atoms with Gasteiger partial charge in [0.2, 0.25) is 0 Å². The summed E-state index contributed by atoms with van der Waals surface area (Å²) in [5.41, 5.74) is 0.0293. The van der Waals surface area contributed by atoms with E-state index in [1.807, 2.05) is 23.7 Å². The van der Waals surface area contributed by atoms with Crippen molar-refractivity contribution >= 4 is 61.3 Å². The maximum absolute atomic E-state index is 13.0. The Balaban J connectivity index is 1.51. The van der Waals surface area contributed by atoms with Gasteiger partial charge in [0.25, 0.3) is 15.6 Å². The van der Waals surface area contributed by atoms with E-state index in [1.54, 1.807) is 18.2 Å². The minimum atomic E-state index is -4.10. The highest BCUT2D eigenvalue weighted by Gasteiger charge is 2.20. The zero-order chi connectivity index (χ0) is 26.7. The van der Waals surface area contributed by atoms with Gasteiger partial charge in [0.15, 0.2) is 0 Å². The number of H-pyrrole nitrogens is 1. The van der Waals surface area contributed by atoms with E-state index in [1.165, 1.54) is 30.5 Å². The summed E-state index contributed by atoms with van der Waals surface area (Å²) in [7, 11) is -0.182. The molecule has 15 heteroatoms. The number of fused-ring (bicyclic) bond motifs is 1. The number of carbonyl (C=O) groups excluding carboxylic acids is 1. The van der Waals surface area contributed by atoms with Gasteiger partial charge in [-0.2, -0.15) is 0 Å². The summed E-state index contributed by atoms with van der Waals surface area (Å²) < 4.78 is 27.4. The van der Waals surface area contributed by atoms with Gasteiger partial charge in [-0.15, -0.1) is 11.3 Å². The molecule has 3 heterocycles. The number of anilines is 2. The van der Waals surface area contributed by atoms with Crippen LogP contribution in [0.15, 0.2) is 62.5 Å². The van der Waals surface area contributed by atoms with Crippen LogP contribution in [0.3, 0.4) is 0 Å². The van der Waals surface area contributed by atoms with Crippen molar-refractivity contribution in [1.29, 1.82) is 0 Å². The molecule has 0 saturated carbocycles. The highest BCUT2D eigenvalue weighted by molar-refractivity contribution is 7.92. The van der Waals surface area contributed by atoms with Gasteiger partial charge in [0.05, 0.1) is 27.1 Å². The van der Waals surface area contributed by atoms with Crippen LogP contribution in [0.2, 0.25) is 4.34 Å². The van der Waals surface area contributed by atoms with E-state index >= 15 is 0 Å². The van der Waals surface area contributed by atoms with Crippen LogP contribution < -0.4 is 26.6 Å². The molecule has 0 unspecified atom stereocenters. The summed E-state index contributed by atoms with van der Waals surface area (Å²) in [4.78, 5) is 46.7. The van der Waals surface area contributed by atoms with Crippen LogP contribution in [0.4, 0.5) is 16.2 Å². The number of sulfonamides is 1. The average Bonchev–Trinajstić information content (AvgIpc) is 3.27. The SMILES string of the molecule is CN(C)CCNc1ccc2c(=O)n(-c3ccc(NC(=O)NS(=O)(=O)c4ccc(Cl)s4)cn3)c(=O)[nH]c2c1. The number of pyridine rings is 1. The molecule has 0 aliphatic rings. The molecule has 37 heavy (non-hydrogen) atoms. The Morgan fingerprint density at radius 3 is 2.54 bits per heavy atom. The number of rotatable bonds is 8. The summed E-state index contributed by atoms with van der Waals surface area (Å²) in [6.45, 7) is 1.50. The van der Waals surface area contributed by atoms with Gasteiger partial charge in [0.1, 0.15) is 10.0 Å². The fraction of sp³-hybridized carbons (Fsp3) is 0.182. The maximum atomic E-state index is 13.0. The first-order valence-corrected chi connectivity index (χ1v) is 13.4. The first kappa shape index (κ1) is 26.3. The van der Waals surface area contributed by atoms with Crippen molar-refractivity contribution in [2.75, 3.05) is 37.8 Å². The van der Waals surface area contributed by atoms with Crippen molar-refractivity contribution in [2.45, 2.75) is 4.21 Å². The quantitative estimate of drug-likeness (QED) is 0.254. The second-order valence-corrected chi connectivity index (χ2v) is 11.7. The Hall–Kier alpha value is -3.72. The molecule has 0 radical (unpaired) electrons. The number of benzene rings is 1. The van der Waals surface area contributed by atoms with Crippen molar-refractivity contribution in [2.24, 2.45) is 0 Å². The number of thiophene rings is 1. The van der Waals surface area contributed by atoms with Gasteiger partial charge >= 0.3 is 11.7 Å². The molecule has 4 rings (SSSR count). The molecule has 0 atom stereocenters. The topological polar surface area (TPSA) is 158 Å². The molecule has 194 valence electrons. The molecule has 0 fully saturated rings. The third-order valence-corrected chi connectivity index (χ3v) is 8.12. The number of nitrogens with zero attached hydrogens (tertiary/aromatic N) is 3. The van der Waals surface area contributed by atoms with Crippen LogP contribution in [-0.2, 0) is 10.0 Å². The van der Waals surface area contributed by atoms with E-state index in [2.05, 4.69) is 20.6 Å². The van der Waals surface area contributed by atoms with E-state index in [4.69, 9.17) is 11.6 Å². The average molecular weight is 564 g/mol. The first-order chi connectivity index (χ1) is 17.5. The van der Waals surface area contributed by atoms with E-state index in [9.17, 15) is 22.8 Å². The van der Waals surface area contributed by atoms with Gasteiger partial charge < -0.3 is 20.5 Å². The number of amides is 2. The fourth-order valence-corrected chi connectivity index (χ4v) is 5.71. The number of hydrogen-bond acceptors (Lipinski definition) is 9. The summed E-state index contributed by atoms with van der Waals surface area (Å²) in [5.74, 6) is 0.0214. The number of carbonyl (C=O) groups is 1. The minimum absolute atomic E-state index is 0.0214.